The number of benzene rings is 3. The maximum Gasteiger partial charge on any atom is 0.259 e. The molecule has 0 fully saturated rings. The summed E-state index contributed by atoms with van der Waals surface area (Å²) in [6.45, 7) is 0.302. The van der Waals surface area contributed by atoms with Gasteiger partial charge in [0.1, 0.15) is 18.2 Å². The number of halogens is 3. The third-order valence-electron chi connectivity index (χ3n) is 3.97. The molecule has 0 unspecified atom stereocenters. The van der Waals surface area contributed by atoms with E-state index in [1.54, 1.807) is 30.3 Å². The van der Waals surface area contributed by atoms with E-state index < -0.39 is 0 Å². The molecule has 2 N–H and O–H groups in total. The monoisotopic (exact) mass is 445 g/mol. The number of rotatable bonds is 8. The predicted molar refractivity (Wildman–Crippen MR) is 118 cm³/mol. The number of nitrogens with zero attached hydrogens (tertiary/aromatic N) is 1. The molecule has 30 heavy (non-hydrogen) atoms. The van der Waals surface area contributed by atoms with Crippen molar-refractivity contribution in [3.8, 4) is 5.75 Å². The highest BCUT2D eigenvalue weighted by atomic mass is 35.5. The van der Waals surface area contributed by atoms with E-state index in [1.165, 1.54) is 18.3 Å². The van der Waals surface area contributed by atoms with Crippen LogP contribution in [-0.4, -0.2) is 18.7 Å². The molecule has 0 bridgehead atoms. The molecule has 0 spiro atoms. The average Bonchev–Trinajstić information content (AvgIpc) is 2.73. The zero-order valence-corrected chi connectivity index (χ0v) is 17.3. The zero-order valence-electron chi connectivity index (χ0n) is 15.7. The van der Waals surface area contributed by atoms with Crippen LogP contribution in [0.2, 0.25) is 10.0 Å². The van der Waals surface area contributed by atoms with Crippen molar-refractivity contribution in [1.29, 1.82) is 0 Å². The smallest absolute Gasteiger partial charge is 0.259 e. The number of anilines is 1. The lowest BCUT2D eigenvalue weighted by Gasteiger charge is -2.08. The van der Waals surface area contributed by atoms with Gasteiger partial charge < -0.3 is 10.1 Å². The van der Waals surface area contributed by atoms with Crippen LogP contribution in [0.15, 0.2) is 71.8 Å². The molecule has 154 valence electrons. The summed E-state index contributed by atoms with van der Waals surface area (Å²) < 4.78 is 18.6. The first-order valence-corrected chi connectivity index (χ1v) is 9.73. The quantitative estimate of drug-likeness (QED) is 0.366. The third-order valence-corrected chi connectivity index (χ3v) is 4.55. The minimum atomic E-state index is -0.336. The molecule has 0 atom stereocenters. The second-order valence-corrected chi connectivity index (χ2v) is 7.09. The molecule has 3 aromatic rings. The van der Waals surface area contributed by atoms with Crippen molar-refractivity contribution in [2.45, 2.75) is 6.61 Å². The van der Waals surface area contributed by atoms with Crippen molar-refractivity contribution >= 4 is 41.0 Å². The summed E-state index contributed by atoms with van der Waals surface area (Å²) in [4.78, 5) is 11.8. The molecule has 0 aromatic heterocycles. The van der Waals surface area contributed by atoms with Crippen molar-refractivity contribution < 1.29 is 13.9 Å². The van der Waals surface area contributed by atoms with E-state index in [0.717, 1.165) is 11.1 Å². The highest BCUT2D eigenvalue weighted by Gasteiger charge is 2.03. The van der Waals surface area contributed by atoms with Crippen LogP contribution in [0.1, 0.15) is 11.1 Å². The number of hydrazone groups is 1. The number of nitrogens with one attached hydrogen (secondary N) is 2. The number of carbonyl (C=O) groups is 1. The van der Waals surface area contributed by atoms with E-state index in [0.29, 0.717) is 28.1 Å². The number of hydrogen-bond donors (Lipinski definition) is 2. The van der Waals surface area contributed by atoms with Gasteiger partial charge in [-0.3, -0.25) is 4.79 Å². The number of hydrogen-bond acceptors (Lipinski definition) is 4. The molecular formula is C22H18Cl2FN3O2. The van der Waals surface area contributed by atoms with Crippen LogP contribution in [0, 0.1) is 5.82 Å². The van der Waals surface area contributed by atoms with E-state index in [4.69, 9.17) is 27.9 Å². The minimum Gasteiger partial charge on any atom is -0.489 e. The van der Waals surface area contributed by atoms with Gasteiger partial charge in [0.05, 0.1) is 12.8 Å². The van der Waals surface area contributed by atoms with Crippen LogP contribution >= 0.6 is 23.2 Å². The highest BCUT2D eigenvalue weighted by molar-refractivity contribution is 6.35. The van der Waals surface area contributed by atoms with Crippen LogP contribution in [-0.2, 0) is 11.4 Å². The predicted octanol–water partition coefficient (Wildman–Crippen LogP) is 5.27. The minimum absolute atomic E-state index is 0.00791. The molecule has 5 nitrogen and oxygen atoms in total. The summed E-state index contributed by atoms with van der Waals surface area (Å²) in [7, 11) is 0. The van der Waals surface area contributed by atoms with E-state index in [9.17, 15) is 9.18 Å². The van der Waals surface area contributed by atoms with Crippen molar-refractivity contribution in [1.82, 2.24) is 5.43 Å². The van der Waals surface area contributed by atoms with Gasteiger partial charge in [-0.05, 0) is 54.1 Å². The van der Waals surface area contributed by atoms with Gasteiger partial charge >= 0.3 is 0 Å². The largest absolute Gasteiger partial charge is 0.489 e. The van der Waals surface area contributed by atoms with Crippen molar-refractivity contribution in [3.63, 3.8) is 0 Å². The summed E-state index contributed by atoms with van der Waals surface area (Å²) >= 11 is 12.0. The first-order chi connectivity index (χ1) is 14.5. The third kappa shape index (κ3) is 6.76. The Morgan fingerprint density at radius 2 is 1.87 bits per heavy atom. The number of amides is 1. The van der Waals surface area contributed by atoms with Crippen LogP contribution in [0.5, 0.6) is 5.75 Å². The van der Waals surface area contributed by atoms with E-state index in [2.05, 4.69) is 15.8 Å². The first kappa shape index (κ1) is 21.6. The summed E-state index contributed by atoms with van der Waals surface area (Å²) in [6, 6.07) is 18.2. The Bertz CT molecular complexity index is 1040. The molecule has 0 saturated carbocycles. The van der Waals surface area contributed by atoms with Gasteiger partial charge in [-0.1, -0.05) is 41.4 Å². The Morgan fingerprint density at radius 3 is 2.63 bits per heavy atom. The maximum absolute atomic E-state index is 12.9. The van der Waals surface area contributed by atoms with Crippen LogP contribution < -0.4 is 15.5 Å². The van der Waals surface area contributed by atoms with Crippen molar-refractivity contribution in [3.05, 3.63) is 93.7 Å². The van der Waals surface area contributed by atoms with Crippen LogP contribution in [0.3, 0.4) is 0 Å². The fraction of sp³-hybridized carbons (Fsp3) is 0.0909. The highest BCUT2D eigenvalue weighted by Crippen LogP contribution is 2.23. The van der Waals surface area contributed by atoms with Crippen LogP contribution in [0.4, 0.5) is 10.1 Å². The van der Waals surface area contributed by atoms with Crippen molar-refractivity contribution in [2.75, 3.05) is 11.9 Å². The van der Waals surface area contributed by atoms with Gasteiger partial charge in [-0.25, -0.2) is 9.82 Å². The molecule has 0 aliphatic rings. The van der Waals surface area contributed by atoms with Gasteiger partial charge in [-0.2, -0.15) is 5.10 Å². The normalized spacial score (nSPS) is 10.8. The summed E-state index contributed by atoms with van der Waals surface area (Å²) in [5.41, 5.74) is 4.64. The van der Waals surface area contributed by atoms with Gasteiger partial charge in [-0.15, -0.1) is 0 Å². The molecule has 0 aliphatic carbocycles. The first-order valence-electron chi connectivity index (χ1n) is 8.98. The molecule has 3 aromatic carbocycles. The fourth-order valence-electron chi connectivity index (χ4n) is 2.45. The standard InChI is InChI=1S/C22H18Cl2FN3O2/c23-17-5-4-16(21(24)11-17)14-30-20-3-1-2-15(10-20)12-27-28-22(29)13-26-19-8-6-18(25)7-9-19/h1-12,26H,13-14H2,(H,28,29)/b27-12-. The molecule has 8 heteroatoms. The average molecular weight is 446 g/mol. The zero-order chi connectivity index (χ0) is 21.3. The lowest BCUT2D eigenvalue weighted by Crippen LogP contribution is -2.25. The van der Waals surface area contributed by atoms with Gasteiger partial charge in [0.15, 0.2) is 0 Å². The molecule has 1 amide bonds. The Labute approximate surface area is 183 Å². The molecular weight excluding hydrogens is 428 g/mol. The second-order valence-electron chi connectivity index (χ2n) is 6.25. The molecule has 3 rings (SSSR count). The number of carbonyl (C=O) groups excluding carboxylic acids is 1. The molecule has 0 radical (unpaired) electrons. The van der Waals surface area contributed by atoms with Gasteiger partial charge in [0.25, 0.3) is 5.91 Å². The Hall–Kier alpha value is -3.09. The second kappa shape index (κ2) is 10.6. The fourth-order valence-corrected chi connectivity index (χ4v) is 2.92. The van der Waals surface area contributed by atoms with E-state index in [-0.39, 0.29) is 18.3 Å². The lowest BCUT2D eigenvalue weighted by atomic mass is 10.2. The van der Waals surface area contributed by atoms with E-state index >= 15 is 0 Å². The van der Waals surface area contributed by atoms with Gasteiger partial charge in [0, 0.05) is 21.3 Å². The number of ether oxygens (including phenoxy) is 1. The summed E-state index contributed by atoms with van der Waals surface area (Å²) in [6.07, 6.45) is 1.51. The Morgan fingerprint density at radius 1 is 1.07 bits per heavy atom. The summed E-state index contributed by atoms with van der Waals surface area (Å²) in [5.74, 6) is -0.0355. The lowest BCUT2D eigenvalue weighted by molar-refractivity contribution is -0.119. The maximum atomic E-state index is 12.9. The SMILES string of the molecule is O=C(CNc1ccc(F)cc1)N/N=C\c1cccc(OCc2ccc(Cl)cc2Cl)c1. The molecule has 0 aliphatic heterocycles. The molecule has 0 heterocycles. The van der Waals surface area contributed by atoms with Gasteiger partial charge in [0.2, 0.25) is 0 Å². The topological polar surface area (TPSA) is 62.7 Å². The van der Waals surface area contributed by atoms with Crippen molar-refractivity contribution in [2.24, 2.45) is 5.10 Å². The Kier molecular flexibility index (Phi) is 7.65. The van der Waals surface area contributed by atoms with E-state index in [1.807, 2.05) is 24.3 Å². The van der Waals surface area contributed by atoms with Crippen LogP contribution in [0.25, 0.3) is 0 Å². The summed E-state index contributed by atoms with van der Waals surface area (Å²) in [5, 5.41) is 7.92. The molecule has 0 saturated heterocycles. The Balaban J connectivity index is 1.48.